The van der Waals surface area contributed by atoms with E-state index < -0.39 is 65.7 Å². The maximum Gasteiger partial charge on any atom is 0.408 e. The number of benzene rings is 1. The lowest BCUT2D eigenvalue weighted by Gasteiger charge is -2.60. The predicted molar refractivity (Wildman–Crippen MR) is 192 cm³/mol. The zero-order chi connectivity index (χ0) is 40.1. The number of nitrogens with one attached hydrogen (secondary N) is 1. The average molecular weight is 749 g/mol. The summed E-state index contributed by atoms with van der Waals surface area (Å²) in [6.07, 6.45) is 0.854. The lowest BCUT2D eigenvalue weighted by Crippen LogP contribution is -2.72. The molecule has 1 aliphatic carbocycles. The number of amides is 1. The molecule has 1 amide bonds. The van der Waals surface area contributed by atoms with E-state index in [0.29, 0.717) is 16.7 Å². The van der Waals surface area contributed by atoms with Gasteiger partial charge in [0.2, 0.25) is 5.78 Å². The summed E-state index contributed by atoms with van der Waals surface area (Å²) in [5.41, 5.74) is 1.02. The Kier molecular flexibility index (Phi) is 11.0. The molecule has 1 aromatic carbocycles. The molecule has 5 rings (SSSR count). The van der Waals surface area contributed by atoms with Gasteiger partial charge in [-0.05, 0) is 75.3 Å². The van der Waals surface area contributed by atoms with Crippen molar-refractivity contribution in [3.8, 4) is 23.3 Å². The van der Waals surface area contributed by atoms with Gasteiger partial charge in [-0.25, -0.2) is 14.4 Å². The van der Waals surface area contributed by atoms with Crippen molar-refractivity contribution < 1.29 is 52.8 Å². The van der Waals surface area contributed by atoms with Gasteiger partial charge in [-0.1, -0.05) is 6.08 Å². The first-order chi connectivity index (χ1) is 25.3. The van der Waals surface area contributed by atoms with Crippen LogP contribution in [0.2, 0.25) is 0 Å². The third-order valence-electron chi connectivity index (χ3n) is 10.6. The molecular formula is C39H48N4O11. The molecular weight excluding hydrogens is 700 g/mol. The van der Waals surface area contributed by atoms with E-state index in [-0.39, 0.29) is 70.5 Å². The zero-order valence-electron chi connectivity index (χ0n) is 32.5. The molecule has 2 N–H and O–H groups in total. The number of nitriles is 1. The number of ether oxygens (including phenoxy) is 5. The first-order valence-corrected chi connectivity index (χ1v) is 17.7. The molecule has 1 aromatic rings. The van der Waals surface area contributed by atoms with Crippen molar-refractivity contribution in [1.82, 2.24) is 15.1 Å². The van der Waals surface area contributed by atoms with Gasteiger partial charge in [0.1, 0.15) is 30.0 Å². The number of ketones is 2. The summed E-state index contributed by atoms with van der Waals surface area (Å²) in [6, 6.07) is -2.82. The van der Waals surface area contributed by atoms with Crippen LogP contribution in [0.25, 0.3) is 0 Å². The fourth-order valence-electron chi connectivity index (χ4n) is 8.06. The van der Waals surface area contributed by atoms with Gasteiger partial charge >= 0.3 is 18.0 Å². The van der Waals surface area contributed by atoms with Crippen molar-refractivity contribution in [3.05, 3.63) is 50.8 Å². The number of methoxy groups -OCH3 is 2. The molecule has 54 heavy (non-hydrogen) atoms. The highest BCUT2D eigenvalue weighted by molar-refractivity contribution is 6.25. The van der Waals surface area contributed by atoms with E-state index in [1.54, 1.807) is 54.7 Å². The summed E-state index contributed by atoms with van der Waals surface area (Å²) >= 11 is 0. The number of hydrogen-bond acceptors (Lipinski definition) is 14. The number of alkyl carbamates (subject to hydrolysis) is 1. The molecule has 3 heterocycles. The molecule has 15 nitrogen and oxygen atoms in total. The van der Waals surface area contributed by atoms with E-state index in [2.05, 4.69) is 11.4 Å². The Morgan fingerprint density at radius 3 is 2.31 bits per heavy atom. The van der Waals surface area contributed by atoms with E-state index in [1.165, 1.54) is 28.1 Å². The number of esters is 2. The maximum atomic E-state index is 14.2. The predicted octanol–water partition coefficient (Wildman–Crippen LogP) is 3.65. The van der Waals surface area contributed by atoms with Gasteiger partial charge in [-0.2, -0.15) is 5.26 Å². The van der Waals surface area contributed by atoms with Gasteiger partial charge < -0.3 is 34.1 Å². The van der Waals surface area contributed by atoms with Crippen molar-refractivity contribution in [2.75, 3.05) is 27.9 Å². The number of likely N-dealkylation sites (N-methyl/N-ethyl adjacent to an activating group) is 1. The van der Waals surface area contributed by atoms with Crippen LogP contribution in [0.15, 0.2) is 34.1 Å². The topological polar surface area (TPSA) is 194 Å². The first-order valence-electron chi connectivity index (χ1n) is 17.7. The average Bonchev–Trinajstić information content (AvgIpc) is 3.10. The fraction of sp³-hybridized carbons (Fsp3) is 0.538. The number of carbonyl (C=O) groups is 5. The Morgan fingerprint density at radius 1 is 1.07 bits per heavy atom. The largest absolute Gasteiger partial charge is 0.504 e. The molecule has 0 aromatic heterocycles. The molecule has 1 fully saturated rings. The van der Waals surface area contributed by atoms with Crippen LogP contribution in [-0.4, -0.2) is 108 Å². The van der Waals surface area contributed by atoms with Crippen LogP contribution < -0.4 is 14.8 Å². The number of aromatic hydroxyl groups is 1. The van der Waals surface area contributed by atoms with Crippen LogP contribution in [0.4, 0.5) is 4.79 Å². The standard InChI is InChI=1S/C39H48N4O11/c1-12-17(2)36(47)52-16-26-27-22(33(19(4)35(51-11)31(27)45)53-37(48)20(5)41-38(49)54-39(6,7)8)14-24-29-28-21(30(44)18(3)34(50-10)32(28)46)13-23(42(29)9)25(15-40)43(24)26/h12,20,23-26,29,45H,13-14,16H2,1-11H3,(H,41,49)/b17-12-/t20-,23+,24-,25-,26-,29-/m0/s1. The van der Waals surface area contributed by atoms with Crippen molar-refractivity contribution in [2.24, 2.45) is 0 Å². The highest BCUT2D eigenvalue weighted by Crippen LogP contribution is 2.55. The molecule has 0 saturated carbocycles. The van der Waals surface area contributed by atoms with E-state index in [1.807, 2.05) is 9.80 Å². The summed E-state index contributed by atoms with van der Waals surface area (Å²) in [4.78, 5) is 71.0. The van der Waals surface area contributed by atoms with Gasteiger partial charge in [0, 0.05) is 51.1 Å². The maximum absolute atomic E-state index is 14.2. The number of allylic oxidation sites excluding steroid dienone is 3. The van der Waals surface area contributed by atoms with Gasteiger partial charge in [-0.15, -0.1) is 0 Å². The number of rotatable bonds is 8. The second-order valence-electron chi connectivity index (χ2n) is 15.0. The van der Waals surface area contributed by atoms with Crippen molar-refractivity contribution >= 4 is 29.6 Å². The quantitative estimate of drug-likeness (QED) is 0.169. The summed E-state index contributed by atoms with van der Waals surface area (Å²) in [6.45, 7) is 12.5. The molecule has 0 radical (unpaired) electrons. The van der Waals surface area contributed by atoms with E-state index in [0.717, 1.165) is 0 Å². The number of fused-ring (bicyclic) bond motifs is 6. The normalized spacial score (nSPS) is 24.8. The van der Waals surface area contributed by atoms with Gasteiger partial charge in [0.05, 0.1) is 32.4 Å². The van der Waals surface area contributed by atoms with Crippen LogP contribution in [0.5, 0.6) is 17.2 Å². The molecule has 0 spiro atoms. The van der Waals surface area contributed by atoms with Crippen LogP contribution >= 0.6 is 0 Å². The summed E-state index contributed by atoms with van der Waals surface area (Å²) < 4.78 is 28.3. The Morgan fingerprint density at radius 2 is 1.74 bits per heavy atom. The molecule has 1 saturated heterocycles. The fourth-order valence-corrected chi connectivity index (χ4v) is 8.06. The number of Topliss-reactive ketones (excluding diaryl/α,β-unsaturated/α-hetero) is 2. The highest BCUT2D eigenvalue weighted by atomic mass is 16.6. The number of phenols is 1. The van der Waals surface area contributed by atoms with Crippen LogP contribution in [0.3, 0.4) is 0 Å². The molecule has 6 atom stereocenters. The number of nitrogens with zero attached hydrogens (tertiary/aromatic N) is 3. The summed E-state index contributed by atoms with van der Waals surface area (Å²) in [5, 5.41) is 25.2. The van der Waals surface area contributed by atoms with Crippen molar-refractivity contribution in [3.63, 3.8) is 0 Å². The smallest absolute Gasteiger partial charge is 0.408 e. The van der Waals surface area contributed by atoms with E-state index in [4.69, 9.17) is 23.7 Å². The third-order valence-corrected chi connectivity index (χ3v) is 10.6. The van der Waals surface area contributed by atoms with E-state index >= 15 is 0 Å². The van der Waals surface area contributed by atoms with Crippen molar-refractivity contribution in [1.29, 1.82) is 5.26 Å². The third kappa shape index (κ3) is 6.73. The molecule has 290 valence electrons. The minimum atomic E-state index is -1.18. The second-order valence-corrected chi connectivity index (χ2v) is 15.0. The Balaban J connectivity index is 1.71. The Hall–Kier alpha value is -5.20. The summed E-state index contributed by atoms with van der Waals surface area (Å²) in [7, 11) is 4.46. The molecule has 2 bridgehead atoms. The number of piperazine rings is 1. The van der Waals surface area contributed by atoms with E-state index in [9.17, 15) is 34.3 Å². The zero-order valence-corrected chi connectivity index (χ0v) is 32.5. The van der Waals surface area contributed by atoms with Crippen LogP contribution in [-0.2, 0) is 39.8 Å². The highest BCUT2D eigenvalue weighted by Gasteiger charge is 2.59. The molecule has 3 aliphatic heterocycles. The lowest BCUT2D eigenvalue weighted by molar-refractivity contribution is -0.144. The SMILES string of the molecule is C/C=C(/C)C(=O)OC[C@H]1c2c(O)c(OC)c(C)c(OC(=O)[C@H](C)NC(=O)OC(C)(C)C)c2C[C@H]2[C@H]3C4=C(C[C@H]([C@H](C#N)N12)N3C)C(=O)C(C)=C(OC)C4=O. The minimum Gasteiger partial charge on any atom is -0.504 e. The first kappa shape index (κ1) is 40.0. The van der Waals surface area contributed by atoms with Crippen molar-refractivity contribution in [2.45, 2.75) is 110 Å². The molecule has 4 aliphatic rings. The monoisotopic (exact) mass is 748 g/mol. The molecule has 0 unspecified atom stereocenters. The number of phenolic OH excluding ortho intramolecular Hbond substituents is 1. The Labute approximate surface area is 314 Å². The number of carbonyl (C=O) groups excluding carboxylic acids is 5. The van der Waals surface area contributed by atoms with Gasteiger partial charge in [0.25, 0.3) is 0 Å². The second kappa shape index (κ2) is 14.9. The summed E-state index contributed by atoms with van der Waals surface area (Å²) in [5.74, 6) is -2.64. The van der Waals surface area contributed by atoms with Gasteiger partial charge in [-0.3, -0.25) is 19.4 Å². The minimum absolute atomic E-state index is 0.00568. The Bertz CT molecular complexity index is 1950. The molecule has 15 heteroatoms. The van der Waals surface area contributed by atoms with Crippen LogP contribution in [0.1, 0.15) is 77.6 Å². The van der Waals surface area contributed by atoms with Crippen LogP contribution in [0, 0.1) is 18.3 Å². The van der Waals surface area contributed by atoms with Gasteiger partial charge in [0.15, 0.2) is 23.0 Å². The lowest BCUT2D eigenvalue weighted by atomic mass is 9.69. The number of hydrogen-bond donors (Lipinski definition) is 2.